The van der Waals surface area contributed by atoms with Crippen LogP contribution in [0.1, 0.15) is 31.2 Å². The van der Waals surface area contributed by atoms with Crippen LogP contribution in [0.15, 0.2) is 12.1 Å². The van der Waals surface area contributed by atoms with Crippen molar-refractivity contribution in [3.8, 4) is 11.5 Å². The van der Waals surface area contributed by atoms with Gasteiger partial charge in [-0.3, -0.25) is 0 Å². The number of nitrogens with two attached hydrogens (primary N) is 1. The molecule has 0 saturated heterocycles. The lowest BCUT2D eigenvalue weighted by molar-refractivity contribution is 0.280. The van der Waals surface area contributed by atoms with E-state index in [2.05, 4.69) is 0 Å². The maximum absolute atomic E-state index is 6.27. The monoisotopic (exact) mass is 269 g/mol. The lowest BCUT2D eigenvalue weighted by Gasteiger charge is -2.16. The second-order valence-corrected chi connectivity index (χ2v) is 5.32. The number of hydrogen-bond donors (Lipinski definition) is 1. The van der Waals surface area contributed by atoms with Crippen LogP contribution >= 0.6 is 11.6 Å². The van der Waals surface area contributed by atoms with Gasteiger partial charge in [0.25, 0.3) is 0 Å². The molecule has 1 aliphatic carbocycles. The van der Waals surface area contributed by atoms with Gasteiger partial charge >= 0.3 is 0 Å². The van der Waals surface area contributed by atoms with Crippen LogP contribution in [0.5, 0.6) is 11.5 Å². The van der Waals surface area contributed by atoms with Crippen molar-refractivity contribution in [2.75, 3.05) is 20.3 Å². The molecular formula is C14H20ClNO2. The number of rotatable bonds is 6. The van der Waals surface area contributed by atoms with Gasteiger partial charge in [0.2, 0.25) is 0 Å². The molecule has 2 rings (SSSR count). The van der Waals surface area contributed by atoms with Crippen molar-refractivity contribution in [2.24, 2.45) is 11.7 Å². The number of ether oxygens (including phenoxy) is 2. The summed E-state index contributed by atoms with van der Waals surface area (Å²) in [4.78, 5) is 0. The van der Waals surface area contributed by atoms with E-state index in [1.54, 1.807) is 7.11 Å². The zero-order valence-electron chi connectivity index (χ0n) is 10.9. The van der Waals surface area contributed by atoms with E-state index < -0.39 is 0 Å². The number of halogens is 1. The third-order valence-electron chi connectivity index (χ3n) is 3.34. The van der Waals surface area contributed by atoms with Crippen LogP contribution < -0.4 is 15.2 Å². The van der Waals surface area contributed by atoms with Gasteiger partial charge in [0.1, 0.15) is 0 Å². The van der Waals surface area contributed by atoms with E-state index in [0.29, 0.717) is 17.5 Å². The molecule has 18 heavy (non-hydrogen) atoms. The fourth-order valence-corrected chi connectivity index (χ4v) is 2.16. The number of benzene rings is 1. The minimum Gasteiger partial charge on any atom is -0.493 e. The third-order valence-corrected chi connectivity index (χ3v) is 3.67. The number of methoxy groups -OCH3 is 1. The molecule has 0 spiro atoms. The van der Waals surface area contributed by atoms with Crippen molar-refractivity contribution in [3.05, 3.63) is 22.7 Å². The summed E-state index contributed by atoms with van der Waals surface area (Å²) >= 11 is 6.27. The summed E-state index contributed by atoms with van der Waals surface area (Å²) in [5.74, 6) is 2.37. The summed E-state index contributed by atoms with van der Waals surface area (Å²) in [6.07, 6.45) is 2.52. The molecule has 0 aromatic heterocycles. The summed E-state index contributed by atoms with van der Waals surface area (Å²) in [7, 11) is 1.64. The molecule has 0 radical (unpaired) electrons. The third kappa shape index (κ3) is 3.09. The maximum Gasteiger partial charge on any atom is 0.162 e. The topological polar surface area (TPSA) is 44.5 Å². The fraction of sp³-hybridized carbons (Fsp3) is 0.571. The Bertz CT molecular complexity index is 419. The van der Waals surface area contributed by atoms with Gasteiger partial charge in [-0.15, -0.1) is 0 Å². The minimum absolute atomic E-state index is 0.212. The van der Waals surface area contributed by atoms with Crippen molar-refractivity contribution in [3.63, 3.8) is 0 Å². The SMILES string of the molecule is COc1cc(C(C)CN)c(Cl)cc1OCC1CC1. The summed E-state index contributed by atoms with van der Waals surface area (Å²) in [6, 6.07) is 3.77. The summed E-state index contributed by atoms with van der Waals surface area (Å²) in [5.41, 5.74) is 6.69. The molecule has 1 unspecified atom stereocenters. The highest BCUT2D eigenvalue weighted by molar-refractivity contribution is 6.31. The first-order valence-electron chi connectivity index (χ1n) is 6.36. The number of hydrogen-bond acceptors (Lipinski definition) is 3. The highest BCUT2D eigenvalue weighted by Crippen LogP contribution is 2.38. The zero-order valence-corrected chi connectivity index (χ0v) is 11.7. The zero-order chi connectivity index (χ0) is 13.1. The van der Waals surface area contributed by atoms with E-state index in [9.17, 15) is 0 Å². The second kappa shape index (κ2) is 5.81. The Kier molecular flexibility index (Phi) is 4.36. The Balaban J connectivity index is 2.20. The average Bonchev–Trinajstić information content (AvgIpc) is 3.19. The second-order valence-electron chi connectivity index (χ2n) is 4.92. The van der Waals surface area contributed by atoms with Gasteiger partial charge in [0, 0.05) is 11.1 Å². The van der Waals surface area contributed by atoms with Crippen LogP contribution in [0, 0.1) is 5.92 Å². The van der Waals surface area contributed by atoms with Crippen LogP contribution in [0.4, 0.5) is 0 Å². The molecule has 1 aromatic carbocycles. The highest BCUT2D eigenvalue weighted by atomic mass is 35.5. The molecule has 1 fully saturated rings. The maximum atomic E-state index is 6.27. The van der Waals surface area contributed by atoms with Gasteiger partial charge in [0.15, 0.2) is 11.5 Å². The molecule has 1 atom stereocenters. The van der Waals surface area contributed by atoms with Crippen molar-refractivity contribution in [1.29, 1.82) is 0 Å². The Morgan fingerprint density at radius 3 is 2.67 bits per heavy atom. The van der Waals surface area contributed by atoms with E-state index in [-0.39, 0.29) is 5.92 Å². The van der Waals surface area contributed by atoms with Crippen molar-refractivity contribution < 1.29 is 9.47 Å². The molecule has 1 aliphatic rings. The smallest absolute Gasteiger partial charge is 0.162 e. The first-order chi connectivity index (χ1) is 8.65. The van der Waals surface area contributed by atoms with E-state index in [1.807, 2.05) is 19.1 Å². The quantitative estimate of drug-likeness (QED) is 0.863. The summed E-state index contributed by atoms with van der Waals surface area (Å²) in [5, 5.41) is 0.694. The highest BCUT2D eigenvalue weighted by Gasteiger charge is 2.23. The Morgan fingerprint density at radius 2 is 2.11 bits per heavy atom. The normalized spacial score (nSPS) is 16.4. The molecule has 4 heteroatoms. The molecule has 100 valence electrons. The first-order valence-corrected chi connectivity index (χ1v) is 6.73. The average molecular weight is 270 g/mol. The van der Waals surface area contributed by atoms with Gasteiger partial charge in [0.05, 0.1) is 13.7 Å². The van der Waals surface area contributed by atoms with E-state index in [4.69, 9.17) is 26.8 Å². The molecule has 1 saturated carbocycles. The Morgan fingerprint density at radius 1 is 1.39 bits per heavy atom. The molecule has 0 aliphatic heterocycles. The summed E-state index contributed by atoms with van der Waals surface area (Å²) in [6.45, 7) is 3.36. The fourth-order valence-electron chi connectivity index (χ4n) is 1.82. The minimum atomic E-state index is 0.212. The van der Waals surface area contributed by atoms with E-state index in [1.165, 1.54) is 12.8 Å². The van der Waals surface area contributed by atoms with Crippen LogP contribution in [0.25, 0.3) is 0 Å². The Labute approximate surface area is 113 Å². The molecule has 3 nitrogen and oxygen atoms in total. The van der Waals surface area contributed by atoms with Crippen molar-refractivity contribution in [1.82, 2.24) is 0 Å². The van der Waals surface area contributed by atoms with Crippen LogP contribution in [0.3, 0.4) is 0 Å². The van der Waals surface area contributed by atoms with Gasteiger partial charge < -0.3 is 15.2 Å². The van der Waals surface area contributed by atoms with Crippen molar-refractivity contribution >= 4 is 11.6 Å². The van der Waals surface area contributed by atoms with Gasteiger partial charge in [-0.25, -0.2) is 0 Å². The van der Waals surface area contributed by atoms with E-state index in [0.717, 1.165) is 23.7 Å². The first kappa shape index (κ1) is 13.5. The predicted molar refractivity (Wildman–Crippen MR) is 73.7 cm³/mol. The molecule has 0 heterocycles. The van der Waals surface area contributed by atoms with Crippen LogP contribution in [0.2, 0.25) is 5.02 Å². The molecule has 1 aromatic rings. The van der Waals surface area contributed by atoms with Crippen LogP contribution in [-0.2, 0) is 0 Å². The molecular weight excluding hydrogens is 250 g/mol. The molecule has 0 bridgehead atoms. The largest absolute Gasteiger partial charge is 0.493 e. The van der Waals surface area contributed by atoms with Gasteiger partial charge in [-0.2, -0.15) is 0 Å². The van der Waals surface area contributed by atoms with E-state index >= 15 is 0 Å². The Hall–Kier alpha value is -0.930. The molecule has 0 amide bonds. The predicted octanol–water partition coefficient (Wildman–Crippen LogP) is 3.20. The summed E-state index contributed by atoms with van der Waals surface area (Å²) < 4.78 is 11.1. The molecule has 2 N–H and O–H groups in total. The van der Waals surface area contributed by atoms with Gasteiger partial charge in [-0.1, -0.05) is 18.5 Å². The van der Waals surface area contributed by atoms with Crippen molar-refractivity contribution in [2.45, 2.75) is 25.7 Å². The lowest BCUT2D eigenvalue weighted by atomic mass is 10.0. The lowest BCUT2D eigenvalue weighted by Crippen LogP contribution is -2.10. The van der Waals surface area contributed by atoms with Crippen LogP contribution in [-0.4, -0.2) is 20.3 Å². The van der Waals surface area contributed by atoms with Gasteiger partial charge in [-0.05, 0) is 42.9 Å². The standard InChI is InChI=1S/C14H20ClNO2/c1-9(7-16)11-5-13(17-2)14(6-12(11)15)18-8-10-3-4-10/h5-6,9-10H,3-4,7-8,16H2,1-2H3.